The van der Waals surface area contributed by atoms with Crippen molar-refractivity contribution in [3.8, 4) is 0 Å². The molecule has 0 spiro atoms. The van der Waals surface area contributed by atoms with Gasteiger partial charge in [-0.15, -0.1) is 5.10 Å². The number of Topliss-reactive ketones (excluding diaryl/α,β-unsaturated/α-hetero) is 1. The number of hydrogen-bond acceptors (Lipinski definition) is 12. The Morgan fingerprint density at radius 3 is 1.53 bits per heavy atom. The van der Waals surface area contributed by atoms with Crippen LogP contribution in [0, 0.1) is 11.8 Å². The zero-order valence-electron chi connectivity index (χ0n) is 33.4. The van der Waals surface area contributed by atoms with Gasteiger partial charge in [-0.1, -0.05) is 93.6 Å². The Kier molecular flexibility index (Phi) is 15.8. The molecular formula is C40H57N7O8. The number of hydroxylamine groups is 2. The van der Waals surface area contributed by atoms with Gasteiger partial charge in [-0.2, -0.15) is 15.6 Å². The average Bonchev–Trinajstić information content (AvgIpc) is 3.60. The van der Waals surface area contributed by atoms with Gasteiger partial charge < -0.3 is 20.8 Å². The number of nitrogens with one attached hydrogen (secondary N) is 4. The first-order chi connectivity index (χ1) is 25.7. The number of carbonyl (C=O) groups is 4. The summed E-state index contributed by atoms with van der Waals surface area (Å²) in [4.78, 5) is 65.7. The molecule has 0 saturated carbocycles. The highest BCUT2D eigenvalue weighted by atomic mass is 16.7. The predicted octanol–water partition coefficient (Wildman–Crippen LogP) is 4.42. The van der Waals surface area contributed by atoms with Gasteiger partial charge in [0.2, 0.25) is 17.6 Å². The monoisotopic (exact) mass is 763 g/mol. The molecular weight excluding hydrogens is 706 g/mol. The lowest BCUT2D eigenvalue weighted by Crippen LogP contribution is -2.55. The summed E-state index contributed by atoms with van der Waals surface area (Å²) in [5.41, 5.74) is 5.48. The number of rotatable bonds is 18. The van der Waals surface area contributed by atoms with Crippen LogP contribution in [-0.2, 0) is 36.9 Å². The highest BCUT2D eigenvalue weighted by Gasteiger charge is 2.34. The van der Waals surface area contributed by atoms with Gasteiger partial charge in [0.15, 0.2) is 17.2 Å². The average molecular weight is 764 g/mol. The van der Waals surface area contributed by atoms with Gasteiger partial charge in [-0.05, 0) is 64.5 Å². The van der Waals surface area contributed by atoms with E-state index in [-0.39, 0.29) is 30.4 Å². The highest BCUT2D eigenvalue weighted by Crippen LogP contribution is 2.19. The van der Waals surface area contributed by atoms with E-state index in [9.17, 15) is 29.4 Å². The quantitative estimate of drug-likeness (QED) is 0.0606. The van der Waals surface area contributed by atoms with E-state index in [2.05, 4.69) is 31.9 Å². The Balaban J connectivity index is 1.91. The maximum absolute atomic E-state index is 13.8. The molecule has 3 rings (SSSR count). The molecule has 0 radical (unpaired) electrons. The van der Waals surface area contributed by atoms with Crippen LogP contribution < -0.4 is 21.6 Å². The van der Waals surface area contributed by atoms with Crippen LogP contribution in [0.15, 0.2) is 72.6 Å². The third-order valence-corrected chi connectivity index (χ3v) is 8.12. The summed E-state index contributed by atoms with van der Waals surface area (Å²) >= 11 is 0. The first kappa shape index (κ1) is 44.4. The topological polar surface area (TPSA) is 206 Å². The van der Waals surface area contributed by atoms with Crippen LogP contribution >= 0.6 is 0 Å². The highest BCUT2D eigenvalue weighted by molar-refractivity contribution is 6.39. The summed E-state index contributed by atoms with van der Waals surface area (Å²) in [5, 5.41) is 35.7. The van der Waals surface area contributed by atoms with Crippen LogP contribution in [0.4, 0.5) is 0 Å². The smallest absolute Gasteiger partial charge is 0.317 e. The van der Waals surface area contributed by atoms with Crippen LogP contribution in [0.1, 0.15) is 90.9 Å². The van der Waals surface area contributed by atoms with Gasteiger partial charge in [0, 0.05) is 12.8 Å². The van der Waals surface area contributed by atoms with Crippen molar-refractivity contribution < 1.29 is 39.1 Å². The summed E-state index contributed by atoms with van der Waals surface area (Å²) < 4.78 is 0.625. The van der Waals surface area contributed by atoms with Crippen molar-refractivity contribution in [1.29, 1.82) is 0 Å². The summed E-state index contributed by atoms with van der Waals surface area (Å²) in [6.07, 6.45) is 1.05. The molecule has 0 aliphatic carbocycles. The van der Waals surface area contributed by atoms with Crippen LogP contribution in [0.25, 0.3) is 5.76 Å². The maximum Gasteiger partial charge on any atom is 0.317 e. The van der Waals surface area contributed by atoms with E-state index in [0.717, 1.165) is 11.8 Å². The molecule has 15 heteroatoms. The Morgan fingerprint density at radius 2 is 1.11 bits per heavy atom. The van der Waals surface area contributed by atoms with E-state index in [1.54, 1.807) is 54.6 Å². The summed E-state index contributed by atoms with van der Waals surface area (Å²) in [6, 6.07) is 13.8. The molecule has 0 aliphatic rings. The minimum absolute atomic E-state index is 0.0104. The number of amides is 2. The number of benzene rings is 2. The third kappa shape index (κ3) is 14.0. The summed E-state index contributed by atoms with van der Waals surface area (Å²) in [6.45, 7) is 18.2. The molecule has 2 amide bonds. The molecule has 300 valence electrons. The number of carbonyl (C=O) groups excluding carboxylic acids is 4. The fourth-order valence-corrected chi connectivity index (χ4v) is 5.14. The lowest BCUT2D eigenvalue weighted by molar-refractivity contribution is -0.140. The lowest BCUT2D eigenvalue weighted by atomic mass is 9.99. The van der Waals surface area contributed by atoms with Crippen LogP contribution in [0.2, 0.25) is 0 Å². The molecule has 15 nitrogen and oxygen atoms in total. The maximum atomic E-state index is 13.8. The van der Waals surface area contributed by atoms with Crippen molar-refractivity contribution in [2.75, 3.05) is 0 Å². The SMILES string of the molecule is CC(C)[C@H](NOC(C)(C)C)C(=O)N[C@@H](Cc1ccccc1)C(=O)C(=O)n1cc(C(O)=C(O)[C@H](Cc2ccccc2)NC(=O)[C@@H](NOC(C)(C)C)C(C)C)nn1. The molecule has 55 heavy (non-hydrogen) atoms. The molecule has 0 aliphatic heterocycles. The van der Waals surface area contributed by atoms with E-state index in [1.165, 1.54) is 0 Å². The zero-order valence-corrected chi connectivity index (χ0v) is 33.4. The molecule has 1 aromatic heterocycles. The van der Waals surface area contributed by atoms with Crippen molar-refractivity contribution >= 4 is 29.3 Å². The minimum atomic E-state index is -1.31. The second-order valence-corrected chi connectivity index (χ2v) is 16.1. The Bertz CT molecular complexity index is 1760. The van der Waals surface area contributed by atoms with Crippen LogP contribution in [0.5, 0.6) is 0 Å². The predicted molar refractivity (Wildman–Crippen MR) is 207 cm³/mol. The zero-order chi connectivity index (χ0) is 41.1. The van der Waals surface area contributed by atoms with E-state index in [4.69, 9.17) is 9.68 Å². The summed E-state index contributed by atoms with van der Waals surface area (Å²) in [7, 11) is 0. The van der Waals surface area contributed by atoms with Crippen molar-refractivity contribution in [2.45, 2.75) is 117 Å². The Morgan fingerprint density at radius 1 is 0.691 bits per heavy atom. The van der Waals surface area contributed by atoms with E-state index in [0.29, 0.717) is 10.2 Å². The number of aliphatic hydroxyl groups excluding tert-OH is 2. The van der Waals surface area contributed by atoms with Crippen molar-refractivity contribution in [1.82, 2.24) is 36.6 Å². The van der Waals surface area contributed by atoms with Crippen LogP contribution in [0.3, 0.4) is 0 Å². The van der Waals surface area contributed by atoms with E-state index in [1.807, 2.05) is 75.3 Å². The van der Waals surface area contributed by atoms with Crippen molar-refractivity contribution in [3.63, 3.8) is 0 Å². The van der Waals surface area contributed by atoms with Gasteiger partial charge in [-0.3, -0.25) is 28.9 Å². The van der Waals surface area contributed by atoms with Crippen molar-refractivity contribution in [2.24, 2.45) is 11.8 Å². The lowest BCUT2D eigenvalue weighted by Gasteiger charge is -2.28. The van der Waals surface area contributed by atoms with Gasteiger partial charge >= 0.3 is 5.91 Å². The van der Waals surface area contributed by atoms with Crippen molar-refractivity contribution in [3.05, 3.63) is 89.4 Å². The molecule has 0 saturated heterocycles. The molecule has 0 unspecified atom stereocenters. The van der Waals surface area contributed by atoms with E-state index >= 15 is 0 Å². The van der Waals surface area contributed by atoms with Gasteiger partial charge in [0.25, 0.3) is 0 Å². The molecule has 6 N–H and O–H groups in total. The number of ketones is 1. The van der Waals surface area contributed by atoms with Gasteiger partial charge in [0.05, 0.1) is 23.4 Å². The fourth-order valence-electron chi connectivity index (χ4n) is 5.14. The molecule has 0 fully saturated rings. The molecule has 0 bridgehead atoms. The number of aliphatic hydroxyl groups is 2. The third-order valence-electron chi connectivity index (χ3n) is 8.12. The largest absolute Gasteiger partial charge is 0.506 e. The Labute approximate surface area is 323 Å². The number of hydrogen-bond donors (Lipinski definition) is 6. The second kappa shape index (κ2) is 19.6. The Hall–Kier alpha value is -4.96. The van der Waals surface area contributed by atoms with E-state index < -0.39 is 70.4 Å². The fraction of sp³-hybridized carbons (Fsp3) is 0.500. The van der Waals surface area contributed by atoms with Gasteiger partial charge in [0.1, 0.15) is 18.1 Å². The second-order valence-electron chi connectivity index (χ2n) is 16.1. The first-order valence-corrected chi connectivity index (χ1v) is 18.4. The minimum Gasteiger partial charge on any atom is -0.506 e. The number of nitrogens with zero attached hydrogens (tertiary/aromatic N) is 3. The molecule has 3 aromatic rings. The standard InChI is InChI=1S/C40H57N7O8/c1-24(2)31(44-54-39(5,6)7)36(51)41-28(21-26-17-13-11-14-18-26)33(48)34(49)30-23-47(46-43-30)38(53)35(50)29(22-27-19-15-12-16-20-27)42-37(52)32(25(3)4)45-55-40(8,9)10/h11-20,23-25,28-29,31-32,44-45,48-49H,21-22H2,1-10H3,(H,41,51)(H,42,52)/t28-,29-,31-,32-/m0/s1. The molecule has 2 aromatic carbocycles. The van der Waals surface area contributed by atoms with Gasteiger partial charge in [-0.25, -0.2) is 0 Å². The normalized spacial score (nSPS) is 14.8. The first-order valence-electron chi connectivity index (χ1n) is 18.4. The summed E-state index contributed by atoms with van der Waals surface area (Å²) in [5.74, 6) is -5.10. The molecule has 4 atom stereocenters. The number of aromatic nitrogens is 3. The van der Waals surface area contributed by atoms with Crippen LogP contribution in [-0.4, -0.2) is 84.1 Å². The molecule has 1 heterocycles.